The first-order chi connectivity index (χ1) is 7.10. The average Bonchev–Trinajstić information content (AvgIpc) is 2.24. The zero-order valence-corrected chi connectivity index (χ0v) is 9.37. The van der Waals surface area contributed by atoms with Crippen LogP contribution in [0.5, 0.6) is 0 Å². The van der Waals surface area contributed by atoms with E-state index in [1.54, 1.807) is 0 Å². The summed E-state index contributed by atoms with van der Waals surface area (Å²) in [5.41, 5.74) is -0.899. The van der Waals surface area contributed by atoms with E-state index in [0.29, 0.717) is 13.2 Å². The fraction of sp³-hybridized carbons (Fsp3) is 0.667. The van der Waals surface area contributed by atoms with E-state index in [0.717, 1.165) is 12.8 Å². The highest BCUT2D eigenvalue weighted by molar-refractivity contribution is 4.97. The quantitative estimate of drug-likeness (QED) is 0.705. The van der Waals surface area contributed by atoms with Crippen molar-refractivity contribution in [3.05, 3.63) is 25.3 Å². The van der Waals surface area contributed by atoms with Crippen LogP contribution in [0.1, 0.15) is 19.8 Å². The molecular formula is C12H20O3. The van der Waals surface area contributed by atoms with Gasteiger partial charge in [-0.25, -0.2) is 0 Å². The van der Waals surface area contributed by atoms with E-state index < -0.39 is 5.60 Å². The second kappa shape index (κ2) is 4.92. The number of aliphatic hydroxyl groups is 1. The van der Waals surface area contributed by atoms with Gasteiger partial charge < -0.3 is 14.6 Å². The van der Waals surface area contributed by atoms with Crippen molar-refractivity contribution in [2.75, 3.05) is 19.8 Å². The molecule has 0 radical (unpaired) electrons. The zero-order chi connectivity index (χ0) is 11.4. The molecule has 1 N–H and O–H groups in total. The SMILES string of the molecule is C=CCC1(CC=C)CO[C@@](C)(CO)CO1. The van der Waals surface area contributed by atoms with E-state index >= 15 is 0 Å². The standard InChI is InChI=1S/C12H20O3/c1-4-6-12(7-5-2)10-14-11(3,8-13)9-15-12/h4-5,13H,1-2,6-10H2,3H3/t11-/m0/s1. The van der Waals surface area contributed by atoms with Crippen LogP contribution in [0.4, 0.5) is 0 Å². The number of ether oxygens (including phenoxy) is 2. The summed E-state index contributed by atoms with van der Waals surface area (Å²) in [6, 6.07) is 0. The molecule has 0 aromatic heterocycles. The number of hydrogen-bond donors (Lipinski definition) is 1. The summed E-state index contributed by atoms with van der Waals surface area (Å²) in [5, 5.41) is 9.13. The van der Waals surface area contributed by atoms with Crippen LogP contribution in [-0.2, 0) is 9.47 Å². The van der Waals surface area contributed by atoms with E-state index in [-0.39, 0.29) is 12.2 Å². The first-order valence-corrected chi connectivity index (χ1v) is 5.20. The highest BCUT2D eigenvalue weighted by Gasteiger charge is 2.40. The van der Waals surface area contributed by atoms with Crippen LogP contribution in [-0.4, -0.2) is 36.1 Å². The predicted molar refractivity (Wildman–Crippen MR) is 59.8 cm³/mol. The monoisotopic (exact) mass is 212 g/mol. The van der Waals surface area contributed by atoms with E-state index in [4.69, 9.17) is 14.6 Å². The molecule has 3 heteroatoms. The van der Waals surface area contributed by atoms with Crippen LogP contribution in [0.3, 0.4) is 0 Å². The van der Waals surface area contributed by atoms with Gasteiger partial charge in [0.15, 0.2) is 0 Å². The molecule has 0 aromatic rings. The normalized spacial score (nSPS) is 29.7. The predicted octanol–water partition coefficient (Wildman–Crippen LogP) is 1.68. The van der Waals surface area contributed by atoms with Crippen LogP contribution in [0, 0.1) is 0 Å². The maximum Gasteiger partial charge on any atom is 0.112 e. The molecule has 1 fully saturated rings. The maximum absolute atomic E-state index is 9.13. The van der Waals surface area contributed by atoms with Gasteiger partial charge in [-0.05, 0) is 19.8 Å². The van der Waals surface area contributed by atoms with Gasteiger partial charge in [0.2, 0.25) is 0 Å². The van der Waals surface area contributed by atoms with E-state index in [1.165, 1.54) is 0 Å². The van der Waals surface area contributed by atoms with Crippen LogP contribution in [0.2, 0.25) is 0 Å². The molecule has 86 valence electrons. The summed E-state index contributed by atoms with van der Waals surface area (Å²) in [4.78, 5) is 0. The number of aliphatic hydroxyl groups excluding tert-OH is 1. The Morgan fingerprint density at radius 2 is 1.80 bits per heavy atom. The van der Waals surface area contributed by atoms with E-state index in [2.05, 4.69) is 13.2 Å². The summed E-state index contributed by atoms with van der Waals surface area (Å²) in [6.07, 6.45) is 5.13. The minimum atomic E-state index is -0.564. The third-order valence-corrected chi connectivity index (χ3v) is 2.73. The van der Waals surface area contributed by atoms with Gasteiger partial charge in [-0.2, -0.15) is 0 Å². The van der Waals surface area contributed by atoms with Crippen molar-refractivity contribution in [1.29, 1.82) is 0 Å². The van der Waals surface area contributed by atoms with Gasteiger partial charge in [-0.1, -0.05) is 12.2 Å². The van der Waals surface area contributed by atoms with Crippen LogP contribution < -0.4 is 0 Å². The van der Waals surface area contributed by atoms with Crippen LogP contribution >= 0.6 is 0 Å². The Morgan fingerprint density at radius 3 is 2.13 bits per heavy atom. The van der Waals surface area contributed by atoms with Crippen molar-refractivity contribution >= 4 is 0 Å². The van der Waals surface area contributed by atoms with Gasteiger partial charge in [0.05, 0.1) is 25.4 Å². The zero-order valence-electron chi connectivity index (χ0n) is 9.37. The van der Waals surface area contributed by atoms with Crippen molar-refractivity contribution in [3.63, 3.8) is 0 Å². The molecule has 0 aromatic carbocycles. The lowest BCUT2D eigenvalue weighted by Gasteiger charge is -2.43. The third kappa shape index (κ3) is 2.91. The molecule has 1 saturated heterocycles. The Hall–Kier alpha value is -0.640. The second-order valence-corrected chi connectivity index (χ2v) is 4.35. The Morgan fingerprint density at radius 1 is 1.20 bits per heavy atom. The molecule has 1 heterocycles. The van der Waals surface area contributed by atoms with Gasteiger partial charge >= 0.3 is 0 Å². The van der Waals surface area contributed by atoms with E-state index in [9.17, 15) is 0 Å². The number of rotatable bonds is 5. The fourth-order valence-corrected chi connectivity index (χ4v) is 1.63. The van der Waals surface area contributed by atoms with Crippen molar-refractivity contribution in [3.8, 4) is 0 Å². The topological polar surface area (TPSA) is 38.7 Å². The number of hydrogen-bond acceptors (Lipinski definition) is 3. The summed E-state index contributed by atoms with van der Waals surface area (Å²) in [6.45, 7) is 10.1. The smallest absolute Gasteiger partial charge is 0.112 e. The lowest BCUT2D eigenvalue weighted by Crippen LogP contribution is -2.53. The van der Waals surface area contributed by atoms with Crippen molar-refractivity contribution in [1.82, 2.24) is 0 Å². The first-order valence-electron chi connectivity index (χ1n) is 5.20. The molecule has 1 rings (SSSR count). The molecule has 0 aliphatic carbocycles. The summed E-state index contributed by atoms with van der Waals surface area (Å²) in [7, 11) is 0. The van der Waals surface area contributed by atoms with Crippen LogP contribution in [0.15, 0.2) is 25.3 Å². The van der Waals surface area contributed by atoms with Gasteiger partial charge in [-0.3, -0.25) is 0 Å². The highest BCUT2D eigenvalue weighted by atomic mass is 16.6. The third-order valence-electron chi connectivity index (χ3n) is 2.73. The molecule has 0 bridgehead atoms. The Bertz CT molecular complexity index is 215. The van der Waals surface area contributed by atoms with E-state index in [1.807, 2.05) is 19.1 Å². The molecule has 0 spiro atoms. The molecule has 0 unspecified atom stereocenters. The Labute approximate surface area is 91.4 Å². The molecule has 15 heavy (non-hydrogen) atoms. The molecular weight excluding hydrogens is 192 g/mol. The molecule has 0 saturated carbocycles. The lowest BCUT2D eigenvalue weighted by molar-refractivity contribution is -0.237. The maximum atomic E-state index is 9.13. The van der Waals surface area contributed by atoms with Gasteiger partial charge in [0, 0.05) is 0 Å². The van der Waals surface area contributed by atoms with Crippen molar-refractivity contribution in [2.45, 2.75) is 31.0 Å². The van der Waals surface area contributed by atoms with Crippen LogP contribution in [0.25, 0.3) is 0 Å². The largest absolute Gasteiger partial charge is 0.393 e. The molecule has 1 aliphatic rings. The van der Waals surface area contributed by atoms with Crippen molar-refractivity contribution < 1.29 is 14.6 Å². The fourth-order valence-electron chi connectivity index (χ4n) is 1.63. The molecule has 1 aliphatic heterocycles. The summed E-state index contributed by atoms with van der Waals surface area (Å²) in [5.74, 6) is 0. The molecule has 0 amide bonds. The van der Waals surface area contributed by atoms with Gasteiger partial charge in [0.25, 0.3) is 0 Å². The molecule has 3 nitrogen and oxygen atoms in total. The summed E-state index contributed by atoms with van der Waals surface area (Å²) < 4.78 is 11.5. The minimum absolute atomic E-state index is 0.0226. The Kier molecular flexibility index (Phi) is 4.08. The Balaban J connectivity index is 2.64. The second-order valence-electron chi connectivity index (χ2n) is 4.35. The minimum Gasteiger partial charge on any atom is -0.393 e. The van der Waals surface area contributed by atoms with Gasteiger partial charge in [0.1, 0.15) is 5.60 Å². The van der Waals surface area contributed by atoms with Gasteiger partial charge in [-0.15, -0.1) is 13.2 Å². The molecule has 1 atom stereocenters. The lowest BCUT2D eigenvalue weighted by atomic mass is 9.93. The van der Waals surface area contributed by atoms with Crippen molar-refractivity contribution in [2.24, 2.45) is 0 Å². The first kappa shape index (κ1) is 12.4. The average molecular weight is 212 g/mol. The summed E-state index contributed by atoms with van der Waals surface area (Å²) >= 11 is 0. The highest BCUT2D eigenvalue weighted by Crippen LogP contribution is 2.31.